The van der Waals surface area contributed by atoms with Crippen LogP contribution in [0.5, 0.6) is 0 Å². The molecule has 1 aromatic heterocycles. The summed E-state index contributed by atoms with van der Waals surface area (Å²) in [4.78, 5) is 19.3. The summed E-state index contributed by atoms with van der Waals surface area (Å²) in [7, 11) is 0. The first-order valence-electron chi connectivity index (χ1n) is 7.86. The second-order valence-corrected chi connectivity index (χ2v) is 7.07. The van der Waals surface area contributed by atoms with Gasteiger partial charge in [0.15, 0.2) is 11.6 Å². The van der Waals surface area contributed by atoms with Crippen molar-refractivity contribution in [1.82, 2.24) is 9.88 Å². The zero-order valence-corrected chi connectivity index (χ0v) is 12.3. The van der Waals surface area contributed by atoms with E-state index in [-0.39, 0.29) is 5.91 Å². The van der Waals surface area contributed by atoms with Crippen LogP contribution in [0.1, 0.15) is 73.5 Å². The fourth-order valence-electron chi connectivity index (χ4n) is 3.89. The molecule has 4 heteroatoms. The molecule has 4 nitrogen and oxygen atoms in total. The van der Waals surface area contributed by atoms with Crippen molar-refractivity contribution in [3.05, 3.63) is 17.3 Å². The Morgan fingerprint density at radius 2 is 2.15 bits per heavy atom. The minimum atomic E-state index is 0.0782. The van der Waals surface area contributed by atoms with Crippen molar-refractivity contribution in [3.63, 3.8) is 0 Å². The van der Waals surface area contributed by atoms with Crippen molar-refractivity contribution in [2.75, 3.05) is 6.54 Å². The van der Waals surface area contributed by atoms with Gasteiger partial charge in [0.2, 0.25) is 0 Å². The fraction of sp³-hybridized carbons (Fsp3) is 0.750. The van der Waals surface area contributed by atoms with Crippen molar-refractivity contribution >= 4 is 5.91 Å². The van der Waals surface area contributed by atoms with Crippen LogP contribution >= 0.6 is 0 Å². The minimum absolute atomic E-state index is 0.0782. The van der Waals surface area contributed by atoms with Crippen molar-refractivity contribution in [1.29, 1.82) is 0 Å². The van der Waals surface area contributed by atoms with Gasteiger partial charge in [-0.1, -0.05) is 6.42 Å². The summed E-state index contributed by atoms with van der Waals surface area (Å²) in [6.45, 7) is 4.95. The number of oxazole rings is 1. The first-order valence-corrected chi connectivity index (χ1v) is 7.86. The smallest absolute Gasteiger partial charge is 0.276 e. The molecule has 1 aliphatic heterocycles. The van der Waals surface area contributed by atoms with Gasteiger partial charge in [-0.25, -0.2) is 4.98 Å². The van der Waals surface area contributed by atoms with Crippen LogP contribution < -0.4 is 0 Å². The number of rotatable bonds is 2. The Morgan fingerprint density at radius 3 is 2.70 bits per heavy atom. The second kappa shape index (κ2) is 4.09. The number of hydrogen-bond donors (Lipinski definition) is 0. The third-order valence-electron chi connectivity index (χ3n) is 5.38. The lowest BCUT2D eigenvalue weighted by Crippen LogP contribution is -2.37. The topological polar surface area (TPSA) is 46.3 Å². The van der Waals surface area contributed by atoms with E-state index < -0.39 is 0 Å². The van der Waals surface area contributed by atoms with E-state index in [0.717, 1.165) is 31.7 Å². The summed E-state index contributed by atoms with van der Waals surface area (Å²) < 4.78 is 5.69. The number of aryl methyl sites for hydroxylation is 1. The summed E-state index contributed by atoms with van der Waals surface area (Å²) in [5.74, 6) is 2.01. The number of amides is 1. The molecule has 108 valence electrons. The average Bonchev–Trinajstić information content (AvgIpc) is 3.06. The number of hydrogen-bond acceptors (Lipinski definition) is 3. The molecule has 0 radical (unpaired) electrons. The lowest BCUT2D eigenvalue weighted by molar-refractivity contribution is 0.0694. The monoisotopic (exact) mass is 274 g/mol. The van der Waals surface area contributed by atoms with Gasteiger partial charge in [0.1, 0.15) is 5.76 Å². The van der Waals surface area contributed by atoms with E-state index in [0.29, 0.717) is 28.8 Å². The molecule has 1 atom stereocenters. The van der Waals surface area contributed by atoms with Gasteiger partial charge >= 0.3 is 0 Å². The third kappa shape index (κ3) is 1.80. The van der Waals surface area contributed by atoms with E-state index in [2.05, 4.69) is 11.9 Å². The maximum Gasteiger partial charge on any atom is 0.276 e. The first-order chi connectivity index (χ1) is 9.58. The molecule has 2 saturated carbocycles. The molecular formula is C16H22N2O2. The molecular weight excluding hydrogens is 252 g/mol. The number of aromatic nitrogens is 1. The maximum atomic E-state index is 12.8. The molecule has 20 heavy (non-hydrogen) atoms. The highest BCUT2D eigenvalue weighted by Crippen LogP contribution is 2.50. The summed E-state index contributed by atoms with van der Waals surface area (Å²) in [5.41, 5.74) is 0.974. The molecule has 1 amide bonds. The van der Waals surface area contributed by atoms with Crippen LogP contribution in [-0.2, 0) is 0 Å². The maximum absolute atomic E-state index is 12.8. The van der Waals surface area contributed by atoms with Gasteiger partial charge in [0.05, 0.1) is 0 Å². The molecule has 4 rings (SSSR count). The molecule has 2 heterocycles. The van der Waals surface area contributed by atoms with Gasteiger partial charge in [0.25, 0.3) is 5.91 Å². The van der Waals surface area contributed by atoms with Gasteiger partial charge < -0.3 is 9.32 Å². The molecule has 2 aliphatic carbocycles. The van der Waals surface area contributed by atoms with Gasteiger partial charge in [-0.3, -0.25) is 4.79 Å². The van der Waals surface area contributed by atoms with Crippen LogP contribution in [0, 0.1) is 12.3 Å². The second-order valence-electron chi connectivity index (χ2n) is 7.07. The van der Waals surface area contributed by atoms with Crippen molar-refractivity contribution in [3.8, 4) is 0 Å². The summed E-state index contributed by atoms with van der Waals surface area (Å²) >= 11 is 0. The number of likely N-dealkylation sites (tertiary alicyclic amines) is 1. The molecule has 0 aromatic carbocycles. The Labute approximate surface area is 119 Å². The summed E-state index contributed by atoms with van der Waals surface area (Å²) in [5, 5.41) is 0. The van der Waals surface area contributed by atoms with Crippen LogP contribution in [0.25, 0.3) is 0 Å². The third-order valence-corrected chi connectivity index (χ3v) is 5.38. The highest BCUT2D eigenvalue weighted by atomic mass is 16.4. The van der Waals surface area contributed by atoms with Gasteiger partial charge in [0, 0.05) is 18.5 Å². The Bertz CT molecular complexity index is 555. The van der Waals surface area contributed by atoms with E-state index in [1.54, 1.807) is 0 Å². The van der Waals surface area contributed by atoms with Crippen LogP contribution in [-0.4, -0.2) is 28.4 Å². The number of nitrogens with zero attached hydrogens (tertiary/aromatic N) is 2. The molecule has 3 aliphatic rings. The molecule has 0 bridgehead atoms. The Kier molecular flexibility index (Phi) is 2.54. The van der Waals surface area contributed by atoms with E-state index >= 15 is 0 Å². The Balaban J connectivity index is 1.57. The van der Waals surface area contributed by atoms with E-state index in [9.17, 15) is 4.79 Å². The molecule has 1 spiro atoms. The lowest BCUT2D eigenvalue weighted by Gasteiger charge is -2.37. The average molecular weight is 274 g/mol. The summed E-state index contributed by atoms with van der Waals surface area (Å²) in [6.07, 6.45) is 7.35. The van der Waals surface area contributed by atoms with Crippen molar-refractivity contribution < 1.29 is 9.21 Å². The van der Waals surface area contributed by atoms with Crippen LogP contribution in [0.15, 0.2) is 4.42 Å². The highest BCUT2D eigenvalue weighted by molar-refractivity contribution is 5.93. The van der Waals surface area contributed by atoms with Crippen LogP contribution in [0.4, 0.5) is 0 Å². The Morgan fingerprint density at radius 1 is 1.40 bits per heavy atom. The predicted octanol–water partition coefficient (Wildman–Crippen LogP) is 3.27. The molecule has 1 aromatic rings. The fourth-order valence-corrected chi connectivity index (χ4v) is 3.89. The van der Waals surface area contributed by atoms with Gasteiger partial charge in [-0.2, -0.15) is 0 Å². The standard InChI is InChI=1S/C16H22N2O2/c1-10-8-16(6-3-7-16)9-18(10)15(19)13-11(2)20-14(17-13)12-4-5-12/h10,12H,3-9H2,1-2H3. The van der Waals surface area contributed by atoms with Crippen molar-refractivity contribution in [2.45, 2.75) is 64.3 Å². The van der Waals surface area contributed by atoms with E-state index in [1.165, 1.54) is 19.3 Å². The van der Waals surface area contributed by atoms with Crippen molar-refractivity contribution in [2.24, 2.45) is 5.41 Å². The molecule has 1 saturated heterocycles. The largest absolute Gasteiger partial charge is 0.445 e. The van der Waals surface area contributed by atoms with E-state index in [1.807, 2.05) is 11.8 Å². The Hall–Kier alpha value is -1.32. The minimum Gasteiger partial charge on any atom is -0.445 e. The van der Waals surface area contributed by atoms with Gasteiger partial charge in [-0.15, -0.1) is 0 Å². The molecule has 0 N–H and O–H groups in total. The zero-order chi connectivity index (χ0) is 13.9. The zero-order valence-electron chi connectivity index (χ0n) is 12.3. The van der Waals surface area contributed by atoms with E-state index in [4.69, 9.17) is 4.42 Å². The van der Waals surface area contributed by atoms with Gasteiger partial charge in [-0.05, 0) is 51.4 Å². The first kappa shape index (κ1) is 12.4. The molecule has 1 unspecified atom stereocenters. The quantitative estimate of drug-likeness (QED) is 0.831. The number of carbonyl (C=O) groups excluding carboxylic acids is 1. The SMILES string of the molecule is Cc1oc(C2CC2)nc1C(=O)N1CC2(CCC2)CC1C. The summed E-state index contributed by atoms with van der Waals surface area (Å²) in [6, 6.07) is 0.336. The lowest BCUT2D eigenvalue weighted by atomic mass is 9.68. The number of carbonyl (C=O) groups is 1. The highest BCUT2D eigenvalue weighted by Gasteiger charge is 2.48. The van der Waals surface area contributed by atoms with Crippen LogP contribution in [0.3, 0.4) is 0 Å². The normalized spacial score (nSPS) is 27.9. The predicted molar refractivity (Wildman–Crippen MR) is 74.6 cm³/mol. The van der Waals surface area contributed by atoms with Crippen LogP contribution in [0.2, 0.25) is 0 Å². The molecule has 3 fully saturated rings.